The van der Waals surface area contributed by atoms with Crippen molar-refractivity contribution in [3.05, 3.63) is 16.1 Å². The Kier molecular flexibility index (Phi) is 4.79. The van der Waals surface area contributed by atoms with Crippen molar-refractivity contribution in [2.45, 2.75) is 38.5 Å². The highest BCUT2D eigenvalue weighted by atomic mass is 32.1. The number of likely N-dealkylation sites (N-methyl/N-ethyl adjacent to an activating group) is 1. The number of carbonyl (C=O) groups is 2. The van der Waals surface area contributed by atoms with Crippen molar-refractivity contribution in [3.63, 3.8) is 0 Å². The van der Waals surface area contributed by atoms with Crippen molar-refractivity contribution in [1.29, 1.82) is 0 Å². The molecule has 1 aliphatic heterocycles. The van der Waals surface area contributed by atoms with E-state index >= 15 is 0 Å². The van der Waals surface area contributed by atoms with Gasteiger partial charge in [0.2, 0.25) is 0 Å². The molecule has 0 spiro atoms. The molecule has 1 aliphatic rings. The van der Waals surface area contributed by atoms with Gasteiger partial charge in [0.1, 0.15) is 5.01 Å². The monoisotopic (exact) mass is 313 g/mol. The molecule has 1 aromatic rings. The highest BCUT2D eigenvalue weighted by molar-refractivity contribution is 7.09. The second-order valence-electron chi connectivity index (χ2n) is 5.09. The van der Waals surface area contributed by atoms with Crippen molar-refractivity contribution in [3.8, 4) is 0 Å². The predicted octanol–water partition coefficient (Wildman–Crippen LogP) is 1.72. The number of carboxylic acids is 1. The number of hydrogen-bond acceptors (Lipinski definition) is 5. The lowest BCUT2D eigenvalue weighted by molar-refractivity contribution is 0.0691. The summed E-state index contributed by atoms with van der Waals surface area (Å²) in [5.41, 5.74) is 0.00210. The zero-order valence-electron chi connectivity index (χ0n) is 12.2. The van der Waals surface area contributed by atoms with Crippen LogP contribution in [0.2, 0.25) is 0 Å². The van der Waals surface area contributed by atoms with Gasteiger partial charge in [-0.3, -0.25) is 0 Å². The van der Waals surface area contributed by atoms with Crippen LogP contribution in [0.4, 0.5) is 4.79 Å². The van der Waals surface area contributed by atoms with Crippen LogP contribution in [0, 0.1) is 0 Å². The number of thiazole rings is 1. The molecule has 0 aliphatic carbocycles. The number of nitrogens with one attached hydrogen (secondary N) is 1. The van der Waals surface area contributed by atoms with Gasteiger partial charge in [-0.25, -0.2) is 14.6 Å². The SMILES string of the molecule is CC(NC(=O)N(C)C1CCOC1C)c1nc(C(=O)O)cs1. The number of nitrogens with zero attached hydrogens (tertiary/aromatic N) is 2. The largest absolute Gasteiger partial charge is 0.476 e. The lowest BCUT2D eigenvalue weighted by Gasteiger charge is -2.28. The fourth-order valence-corrected chi connectivity index (χ4v) is 3.11. The van der Waals surface area contributed by atoms with E-state index in [4.69, 9.17) is 9.84 Å². The Bertz CT molecular complexity index is 533. The van der Waals surface area contributed by atoms with Crippen LogP contribution in [0.3, 0.4) is 0 Å². The molecule has 1 saturated heterocycles. The fraction of sp³-hybridized carbons (Fsp3) is 0.615. The van der Waals surface area contributed by atoms with E-state index in [1.54, 1.807) is 18.9 Å². The third kappa shape index (κ3) is 3.51. The van der Waals surface area contributed by atoms with E-state index in [1.807, 2.05) is 6.92 Å². The van der Waals surface area contributed by atoms with Crippen LogP contribution in [0.1, 0.15) is 41.8 Å². The molecule has 116 valence electrons. The number of aromatic carboxylic acids is 1. The molecule has 3 unspecified atom stereocenters. The zero-order chi connectivity index (χ0) is 15.6. The Balaban J connectivity index is 1.96. The van der Waals surface area contributed by atoms with Gasteiger partial charge in [-0.1, -0.05) is 0 Å². The van der Waals surface area contributed by atoms with Crippen LogP contribution in [-0.2, 0) is 4.74 Å². The van der Waals surface area contributed by atoms with Crippen LogP contribution < -0.4 is 5.32 Å². The van der Waals surface area contributed by atoms with Gasteiger partial charge in [0.05, 0.1) is 18.2 Å². The quantitative estimate of drug-likeness (QED) is 0.883. The third-order valence-corrected chi connectivity index (χ3v) is 4.63. The summed E-state index contributed by atoms with van der Waals surface area (Å²) in [7, 11) is 1.74. The summed E-state index contributed by atoms with van der Waals surface area (Å²) in [5.74, 6) is -1.06. The van der Waals surface area contributed by atoms with E-state index in [0.717, 1.165) is 6.42 Å². The minimum Gasteiger partial charge on any atom is -0.476 e. The number of amides is 2. The summed E-state index contributed by atoms with van der Waals surface area (Å²) in [6.07, 6.45) is 0.842. The highest BCUT2D eigenvalue weighted by Gasteiger charge is 2.31. The molecule has 0 bridgehead atoms. The van der Waals surface area contributed by atoms with Crippen LogP contribution in [0.5, 0.6) is 0 Å². The average molecular weight is 313 g/mol. The minimum absolute atomic E-state index is 0.00210. The smallest absolute Gasteiger partial charge is 0.355 e. The van der Waals surface area contributed by atoms with Crippen molar-refractivity contribution in [1.82, 2.24) is 15.2 Å². The molecule has 2 amide bonds. The number of carboxylic acid groups (broad SMARTS) is 1. The lowest BCUT2D eigenvalue weighted by Crippen LogP contribution is -2.46. The topological polar surface area (TPSA) is 91.8 Å². The van der Waals surface area contributed by atoms with Gasteiger partial charge in [-0.05, 0) is 20.3 Å². The van der Waals surface area contributed by atoms with Crippen molar-refractivity contribution < 1.29 is 19.4 Å². The number of aromatic nitrogens is 1. The first kappa shape index (κ1) is 15.7. The van der Waals surface area contributed by atoms with E-state index in [1.165, 1.54) is 16.7 Å². The maximum absolute atomic E-state index is 12.2. The third-order valence-electron chi connectivity index (χ3n) is 3.61. The van der Waals surface area contributed by atoms with E-state index < -0.39 is 5.97 Å². The highest BCUT2D eigenvalue weighted by Crippen LogP contribution is 2.21. The van der Waals surface area contributed by atoms with Crippen molar-refractivity contribution in [2.75, 3.05) is 13.7 Å². The fourth-order valence-electron chi connectivity index (χ4n) is 2.31. The molecular weight excluding hydrogens is 294 g/mol. The second kappa shape index (κ2) is 6.40. The van der Waals surface area contributed by atoms with E-state index in [0.29, 0.717) is 11.6 Å². The molecule has 8 heteroatoms. The number of urea groups is 1. The first-order valence-corrected chi connectivity index (χ1v) is 7.61. The number of ether oxygens (including phenoxy) is 1. The van der Waals surface area contributed by atoms with Gasteiger partial charge in [0.25, 0.3) is 0 Å². The van der Waals surface area contributed by atoms with Gasteiger partial charge >= 0.3 is 12.0 Å². The predicted molar refractivity (Wildman–Crippen MR) is 77.6 cm³/mol. The minimum atomic E-state index is -1.06. The Morgan fingerprint density at radius 1 is 1.62 bits per heavy atom. The van der Waals surface area contributed by atoms with Crippen LogP contribution in [0.15, 0.2) is 5.38 Å². The first-order valence-electron chi connectivity index (χ1n) is 6.73. The molecule has 1 fully saturated rings. The molecule has 3 atom stereocenters. The summed E-state index contributed by atoms with van der Waals surface area (Å²) in [5, 5.41) is 13.7. The number of rotatable bonds is 4. The van der Waals surface area contributed by atoms with Gasteiger partial charge in [0, 0.05) is 19.0 Å². The standard InChI is InChI=1S/C13H19N3O4S/c1-7(11-15-9(6-21-11)12(17)18)14-13(19)16(3)10-4-5-20-8(10)2/h6-8,10H,4-5H2,1-3H3,(H,14,19)(H,17,18). The van der Waals surface area contributed by atoms with E-state index in [-0.39, 0.29) is 29.9 Å². The molecule has 1 aromatic heterocycles. The second-order valence-corrected chi connectivity index (χ2v) is 5.98. The molecule has 2 N–H and O–H groups in total. The Hall–Kier alpha value is -1.67. The summed E-state index contributed by atoms with van der Waals surface area (Å²) in [4.78, 5) is 28.7. The Labute approximate surface area is 126 Å². The lowest BCUT2D eigenvalue weighted by atomic mass is 10.1. The van der Waals surface area contributed by atoms with Gasteiger partial charge < -0.3 is 20.1 Å². The molecule has 0 saturated carbocycles. The summed E-state index contributed by atoms with van der Waals surface area (Å²) < 4.78 is 5.46. The maximum Gasteiger partial charge on any atom is 0.355 e. The normalized spacial score (nSPS) is 22.8. The molecule has 2 rings (SSSR count). The molecule has 0 aromatic carbocycles. The first-order chi connectivity index (χ1) is 9.90. The number of carbonyl (C=O) groups excluding carboxylic acids is 1. The summed E-state index contributed by atoms with van der Waals surface area (Å²) in [6.45, 7) is 4.39. The molecule has 2 heterocycles. The van der Waals surface area contributed by atoms with Crippen LogP contribution in [0.25, 0.3) is 0 Å². The Morgan fingerprint density at radius 3 is 2.86 bits per heavy atom. The maximum atomic E-state index is 12.2. The van der Waals surface area contributed by atoms with Crippen LogP contribution in [-0.4, -0.2) is 52.8 Å². The Morgan fingerprint density at radius 2 is 2.33 bits per heavy atom. The van der Waals surface area contributed by atoms with Crippen molar-refractivity contribution >= 4 is 23.3 Å². The molecule has 7 nitrogen and oxygen atoms in total. The molecular formula is C13H19N3O4S. The van der Waals surface area contributed by atoms with Crippen LogP contribution >= 0.6 is 11.3 Å². The average Bonchev–Trinajstić information content (AvgIpc) is 3.06. The van der Waals surface area contributed by atoms with Crippen molar-refractivity contribution in [2.24, 2.45) is 0 Å². The number of hydrogen-bond donors (Lipinski definition) is 2. The summed E-state index contributed by atoms with van der Waals surface area (Å²) >= 11 is 1.22. The van der Waals surface area contributed by atoms with E-state index in [2.05, 4.69) is 10.3 Å². The van der Waals surface area contributed by atoms with Gasteiger partial charge in [-0.15, -0.1) is 11.3 Å². The van der Waals surface area contributed by atoms with Gasteiger partial charge in [0.15, 0.2) is 5.69 Å². The van der Waals surface area contributed by atoms with Gasteiger partial charge in [-0.2, -0.15) is 0 Å². The molecule has 0 radical (unpaired) electrons. The summed E-state index contributed by atoms with van der Waals surface area (Å²) in [6, 6.07) is -0.490. The van der Waals surface area contributed by atoms with E-state index in [9.17, 15) is 9.59 Å². The molecule has 21 heavy (non-hydrogen) atoms. The zero-order valence-corrected chi connectivity index (χ0v) is 13.0.